The SMILES string of the molecule is O=C(C1CCCCC1)N(Cc1ccc(O)cc1Cl)c1ccc(OCCN2CCCC2)cc1. The lowest BCUT2D eigenvalue weighted by molar-refractivity contribution is -0.123. The van der Waals surface area contributed by atoms with Crippen LogP contribution in [0.1, 0.15) is 50.5 Å². The molecule has 1 saturated carbocycles. The number of anilines is 1. The lowest BCUT2D eigenvalue weighted by Crippen LogP contribution is -2.36. The Hall–Kier alpha value is -2.24. The molecule has 0 atom stereocenters. The van der Waals surface area contributed by atoms with Crippen molar-refractivity contribution in [2.24, 2.45) is 5.92 Å². The first-order chi connectivity index (χ1) is 15.6. The summed E-state index contributed by atoms with van der Waals surface area (Å²) in [6, 6.07) is 12.7. The number of ether oxygens (including phenoxy) is 1. The third kappa shape index (κ3) is 5.96. The Kier molecular flexibility index (Phi) is 7.93. The fraction of sp³-hybridized carbons (Fsp3) is 0.500. The normalized spacial score (nSPS) is 17.4. The second kappa shape index (κ2) is 11.1. The topological polar surface area (TPSA) is 53.0 Å². The van der Waals surface area contributed by atoms with E-state index in [1.807, 2.05) is 29.2 Å². The van der Waals surface area contributed by atoms with Gasteiger partial charge in [-0.1, -0.05) is 36.9 Å². The average molecular weight is 457 g/mol. The van der Waals surface area contributed by atoms with Crippen molar-refractivity contribution in [3.8, 4) is 11.5 Å². The predicted octanol–water partition coefficient (Wildman–Crippen LogP) is 5.63. The number of carbonyl (C=O) groups excluding carboxylic acids is 1. The molecule has 1 N–H and O–H groups in total. The summed E-state index contributed by atoms with van der Waals surface area (Å²) in [5, 5.41) is 10.2. The standard InChI is InChI=1S/C26H33ClN2O3/c27-25-18-23(30)11-8-21(25)19-29(26(31)20-6-2-1-3-7-20)22-9-12-24(13-10-22)32-17-16-28-14-4-5-15-28/h8-13,18,20,30H,1-7,14-17,19H2. The highest BCUT2D eigenvalue weighted by molar-refractivity contribution is 6.31. The Balaban J connectivity index is 1.47. The summed E-state index contributed by atoms with van der Waals surface area (Å²) in [5.41, 5.74) is 1.66. The molecule has 0 radical (unpaired) electrons. The Labute approximate surface area is 195 Å². The van der Waals surface area contributed by atoms with E-state index >= 15 is 0 Å². The second-order valence-electron chi connectivity index (χ2n) is 8.93. The van der Waals surface area contributed by atoms with Gasteiger partial charge in [0, 0.05) is 23.2 Å². The number of phenols is 1. The lowest BCUT2D eigenvalue weighted by atomic mass is 9.88. The number of amides is 1. The van der Waals surface area contributed by atoms with Crippen LogP contribution < -0.4 is 9.64 Å². The maximum Gasteiger partial charge on any atom is 0.230 e. The zero-order valence-corrected chi connectivity index (χ0v) is 19.4. The number of hydrogen-bond acceptors (Lipinski definition) is 4. The molecule has 2 aliphatic rings. The fourth-order valence-corrected chi connectivity index (χ4v) is 4.96. The smallest absolute Gasteiger partial charge is 0.230 e. The number of phenolic OH excluding ortho intramolecular Hbond substituents is 1. The number of rotatable bonds is 8. The third-order valence-electron chi connectivity index (χ3n) is 6.61. The van der Waals surface area contributed by atoms with Crippen LogP contribution in [0, 0.1) is 5.92 Å². The number of nitrogens with zero attached hydrogens (tertiary/aromatic N) is 2. The zero-order chi connectivity index (χ0) is 22.3. The molecular weight excluding hydrogens is 424 g/mol. The van der Waals surface area contributed by atoms with Gasteiger partial charge in [0.25, 0.3) is 0 Å². The van der Waals surface area contributed by atoms with Gasteiger partial charge in [-0.2, -0.15) is 0 Å². The molecule has 2 fully saturated rings. The minimum atomic E-state index is 0.0519. The van der Waals surface area contributed by atoms with Crippen molar-refractivity contribution in [2.75, 3.05) is 31.1 Å². The van der Waals surface area contributed by atoms with Gasteiger partial charge in [-0.05, 0) is 80.7 Å². The van der Waals surface area contributed by atoms with Crippen LogP contribution in [0.5, 0.6) is 11.5 Å². The van der Waals surface area contributed by atoms with Crippen LogP contribution in [0.4, 0.5) is 5.69 Å². The average Bonchev–Trinajstić information content (AvgIpc) is 3.33. The molecule has 0 bridgehead atoms. The first-order valence-electron chi connectivity index (χ1n) is 11.8. The minimum absolute atomic E-state index is 0.0519. The maximum absolute atomic E-state index is 13.5. The van der Waals surface area contributed by atoms with Crippen molar-refractivity contribution in [3.05, 3.63) is 53.1 Å². The van der Waals surface area contributed by atoms with E-state index in [-0.39, 0.29) is 17.6 Å². The number of aromatic hydroxyl groups is 1. The Bertz CT molecular complexity index is 890. The molecule has 2 aromatic rings. The van der Waals surface area contributed by atoms with E-state index in [9.17, 15) is 9.90 Å². The van der Waals surface area contributed by atoms with Gasteiger partial charge in [0.05, 0.1) is 6.54 Å². The number of hydrogen-bond donors (Lipinski definition) is 1. The highest BCUT2D eigenvalue weighted by atomic mass is 35.5. The molecule has 2 aromatic carbocycles. The molecule has 172 valence electrons. The molecule has 1 aliphatic carbocycles. The second-order valence-corrected chi connectivity index (χ2v) is 9.33. The summed E-state index contributed by atoms with van der Waals surface area (Å²) < 4.78 is 5.94. The summed E-state index contributed by atoms with van der Waals surface area (Å²) in [5.74, 6) is 1.15. The molecule has 1 heterocycles. The van der Waals surface area contributed by atoms with Crippen LogP contribution in [0.25, 0.3) is 0 Å². The largest absolute Gasteiger partial charge is 0.508 e. The minimum Gasteiger partial charge on any atom is -0.508 e. The summed E-state index contributed by atoms with van der Waals surface area (Å²) in [6.07, 6.45) is 7.86. The zero-order valence-electron chi connectivity index (χ0n) is 18.6. The van der Waals surface area contributed by atoms with Crippen molar-refractivity contribution in [2.45, 2.75) is 51.5 Å². The van der Waals surface area contributed by atoms with E-state index in [1.54, 1.807) is 12.1 Å². The fourth-order valence-electron chi connectivity index (χ4n) is 4.72. The van der Waals surface area contributed by atoms with Crippen molar-refractivity contribution < 1.29 is 14.6 Å². The summed E-state index contributed by atoms with van der Waals surface area (Å²) in [6.45, 7) is 4.34. The van der Waals surface area contributed by atoms with E-state index in [4.69, 9.17) is 16.3 Å². The first-order valence-corrected chi connectivity index (χ1v) is 12.2. The van der Waals surface area contributed by atoms with Crippen LogP contribution in [0.2, 0.25) is 5.02 Å². The molecule has 0 unspecified atom stereocenters. The predicted molar refractivity (Wildman–Crippen MR) is 128 cm³/mol. The van der Waals surface area contributed by atoms with Gasteiger partial charge in [0.1, 0.15) is 18.1 Å². The van der Waals surface area contributed by atoms with E-state index in [2.05, 4.69) is 4.90 Å². The van der Waals surface area contributed by atoms with Crippen LogP contribution in [-0.4, -0.2) is 42.2 Å². The van der Waals surface area contributed by atoms with Gasteiger partial charge >= 0.3 is 0 Å². The van der Waals surface area contributed by atoms with Crippen molar-refractivity contribution in [3.63, 3.8) is 0 Å². The molecule has 6 heteroatoms. The summed E-state index contributed by atoms with van der Waals surface area (Å²) in [7, 11) is 0. The van der Waals surface area contributed by atoms with E-state index < -0.39 is 0 Å². The molecule has 0 aromatic heterocycles. The summed E-state index contributed by atoms with van der Waals surface area (Å²) >= 11 is 6.37. The third-order valence-corrected chi connectivity index (χ3v) is 6.96. The number of likely N-dealkylation sites (tertiary alicyclic amines) is 1. The van der Waals surface area contributed by atoms with Gasteiger partial charge in [-0.3, -0.25) is 9.69 Å². The Morgan fingerprint density at radius 1 is 1.03 bits per heavy atom. The van der Waals surface area contributed by atoms with E-state index in [0.717, 1.165) is 49.2 Å². The Morgan fingerprint density at radius 2 is 1.75 bits per heavy atom. The van der Waals surface area contributed by atoms with E-state index in [1.165, 1.54) is 38.4 Å². The van der Waals surface area contributed by atoms with Crippen LogP contribution >= 0.6 is 11.6 Å². The monoisotopic (exact) mass is 456 g/mol. The van der Waals surface area contributed by atoms with Crippen LogP contribution in [0.15, 0.2) is 42.5 Å². The molecule has 5 nitrogen and oxygen atoms in total. The van der Waals surface area contributed by atoms with Gasteiger partial charge in [-0.15, -0.1) is 0 Å². The summed E-state index contributed by atoms with van der Waals surface area (Å²) in [4.78, 5) is 17.7. The first kappa shape index (κ1) is 22.9. The van der Waals surface area contributed by atoms with Crippen molar-refractivity contribution in [1.82, 2.24) is 4.90 Å². The molecule has 1 aliphatic heterocycles. The van der Waals surface area contributed by atoms with Crippen LogP contribution in [0.3, 0.4) is 0 Å². The molecule has 1 amide bonds. The molecular formula is C26H33ClN2O3. The molecule has 1 saturated heterocycles. The quantitative estimate of drug-likeness (QED) is 0.559. The van der Waals surface area contributed by atoms with Crippen LogP contribution in [-0.2, 0) is 11.3 Å². The highest BCUT2D eigenvalue weighted by Crippen LogP contribution is 2.31. The lowest BCUT2D eigenvalue weighted by Gasteiger charge is -2.30. The maximum atomic E-state index is 13.5. The molecule has 0 spiro atoms. The van der Waals surface area contributed by atoms with E-state index in [0.29, 0.717) is 18.2 Å². The van der Waals surface area contributed by atoms with Gasteiger partial charge in [0.15, 0.2) is 0 Å². The van der Waals surface area contributed by atoms with Crippen molar-refractivity contribution in [1.29, 1.82) is 0 Å². The number of carbonyl (C=O) groups is 1. The van der Waals surface area contributed by atoms with Gasteiger partial charge in [-0.25, -0.2) is 0 Å². The van der Waals surface area contributed by atoms with Gasteiger partial charge < -0.3 is 14.7 Å². The van der Waals surface area contributed by atoms with Gasteiger partial charge in [0.2, 0.25) is 5.91 Å². The molecule has 32 heavy (non-hydrogen) atoms. The number of halogens is 1. The highest BCUT2D eigenvalue weighted by Gasteiger charge is 2.27. The molecule has 4 rings (SSSR count). The number of benzene rings is 2. The Morgan fingerprint density at radius 3 is 2.44 bits per heavy atom. The van der Waals surface area contributed by atoms with Crippen molar-refractivity contribution >= 4 is 23.2 Å².